The first-order valence-corrected chi connectivity index (χ1v) is 3.84. The predicted molar refractivity (Wildman–Crippen MR) is 45.7 cm³/mol. The van der Waals surface area contributed by atoms with Gasteiger partial charge in [-0.1, -0.05) is 0 Å². The summed E-state index contributed by atoms with van der Waals surface area (Å²) in [6.07, 6.45) is -1.17. The maximum atomic E-state index is 12.6. The van der Waals surface area contributed by atoms with Crippen LogP contribution in [0.3, 0.4) is 0 Å². The molecule has 64 valence electrons. The van der Waals surface area contributed by atoms with E-state index in [4.69, 9.17) is 5.11 Å². The van der Waals surface area contributed by atoms with Crippen molar-refractivity contribution in [3.63, 3.8) is 0 Å². The van der Waals surface area contributed by atoms with E-state index < -0.39 is 11.9 Å². The standard InChI is InChI=1S/C7H5BrFNO2/c8-5-3-4(10-7(11)12)1-2-6(5)9/h1-3,10H,(H,11,12). The molecule has 0 aliphatic rings. The number of benzene rings is 1. The zero-order chi connectivity index (χ0) is 9.14. The van der Waals surface area contributed by atoms with Crippen molar-refractivity contribution in [3.8, 4) is 0 Å². The third-order valence-corrected chi connectivity index (χ3v) is 1.78. The minimum Gasteiger partial charge on any atom is -0.465 e. The van der Waals surface area contributed by atoms with Gasteiger partial charge in [0, 0.05) is 5.69 Å². The minimum atomic E-state index is -1.17. The van der Waals surface area contributed by atoms with Crippen molar-refractivity contribution < 1.29 is 14.3 Å². The van der Waals surface area contributed by atoms with Crippen molar-refractivity contribution >= 4 is 27.7 Å². The molecule has 0 fully saturated rings. The average molecular weight is 234 g/mol. The summed E-state index contributed by atoms with van der Waals surface area (Å²) in [4.78, 5) is 10.1. The third-order valence-electron chi connectivity index (χ3n) is 1.17. The summed E-state index contributed by atoms with van der Waals surface area (Å²) in [6, 6.07) is 3.87. The molecule has 0 spiro atoms. The van der Waals surface area contributed by atoms with E-state index in [1.54, 1.807) is 0 Å². The lowest BCUT2D eigenvalue weighted by molar-refractivity contribution is 0.209. The number of anilines is 1. The number of amides is 1. The SMILES string of the molecule is O=C(O)Nc1ccc(F)c(Br)c1. The van der Waals surface area contributed by atoms with Crippen LogP contribution >= 0.6 is 15.9 Å². The lowest BCUT2D eigenvalue weighted by Gasteiger charge is -2.00. The number of hydrogen-bond acceptors (Lipinski definition) is 1. The van der Waals surface area contributed by atoms with Crippen LogP contribution in [0.15, 0.2) is 22.7 Å². The topological polar surface area (TPSA) is 49.3 Å². The number of rotatable bonds is 1. The summed E-state index contributed by atoms with van der Waals surface area (Å²) >= 11 is 2.93. The number of carbonyl (C=O) groups is 1. The first kappa shape index (κ1) is 8.99. The van der Waals surface area contributed by atoms with E-state index in [9.17, 15) is 9.18 Å². The summed E-state index contributed by atoms with van der Waals surface area (Å²) in [6.45, 7) is 0. The van der Waals surface area contributed by atoms with Crippen LogP contribution in [0.25, 0.3) is 0 Å². The molecule has 5 heteroatoms. The van der Waals surface area contributed by atoms with Crippen molar-refractivity contribution in [2.45, 2.75) is 0 Å². The Kier molecular flexibility index (Phi) is 2.65. The van der Waals surface area contributed by atoms with Crippen LogP contribution in [-0.4, -0.2) is 11.2 Å². The summed E-state index contributed by atoms with van der Waals surface area (Å²) in [5.41, 5.74) is 0.329. The molecule has 12 heavy (non-hydrogen) atoms. The van der Waals surface area contributed by atoms with Crippen LogP contribution in [0.2, 0.25) is 0 Å². The molecule has 2 N–H and O–H groups in total. The van der Waals surface area contributed by atoms with Gasteiger partial charge < -0.3 is 5.11 Å². The fourth-order valence-corrected chi connectivity index (χ4v) is 1.08. The molecule has 0 saturated heterocycles. The second-order valence-corrected chi connectivity index (χ2v) is 2.91. The average Bonchev–Trinajstić information content (AvgIpc) is 1.96. The van der Waals surface area contributed by atoms with Gasteiger partial charge in [-0.25, -0.2) is 9.18 Å². The smallest absolute Gasteiger partial charge is 0.409 e. The Labute approximate surface area is 76.3 Å². The Bertz CT molecular complexity index is 316. The first-order valence-electron chi connectivity index (χ1n) is 3.04. The Morgan fingerprint density at radius 2 is 2.25 bits per heavy atom. The molecule has 0 bridgehead atoms. The summed E-state index contributed by atoms with van der Waals surface area (Å²) in [5.74, 6) is -0.425. The number of hydrogen-bond donors (Lipinski definition) is 2. The molecule has 0 radical (unpaired) electrons. The van der Waals surface area contributed by atoms with Crippen molar-refractivity contribution in [2.24, 2.45) is 0 Å². The lowest BCUT2D eigenvalue weighted by atomic mass is 10.3. The highest BCUT2D eigenvalue weighted by Gasteiger charge is 2.01. The molecule has 1 aromatic carbocycles. The minimum absolute atomic E-state index is 0.230. The fraction of sp³-hybridized carbons (Fsp3) is 0. The second kappa shape index (κ2) is 3.53. The van der Waals surface area contributed by atoms with Gasteiger partial charge in [-0.3, -0.25) is 5.32 Å². The second-order valence-electron chi connectivity index (χ2n) is 2.06. The van der Waals surface area contributed by atoms with Crippen LogP contribution in [0.5, 0.6) is 0 Å². The maximum Gasteiger partial charge on any atom is 0.409 e. The quantitative estimate of drug-likeness (QED) is 0.784. The van der Waals surface area contributed by atoms with E-state index >= 15 is 0 Å². The molecule has 0 unspecified atom stereocenters. The van der Waals surface area contributed by atoms with Gasteiger partial charge in [-0.15, -0.1) is 0 Å². The fourth-order valence-electron chi connectivity index (χ4n) is 0.697. The van der Waals surface area contributed by atoms with Gasteiger partial charge >= 0.3 is 6.09 Å². The molecule has 1 amide bonds. The Morgan fingerprint density at radius 1 is 1.58 bits per heavy atom. The number of carboxylic acid groups (broad SMARTS) is 1. The monoisotopic (exact) mass is 233 g/mol. The van der Waals surface area contributed by atoms with Gasteiger partial charge in [0.1, 0.15) is 5.82 Å². The van der Waals surface area contributed by atoms with E-state index in [-0.39, 0.29) is 4.47 Å². The highest BCUT2D eigenvalue weighted by atomic mass is 79.9. The Hall–Kier alpha value is -1.10. The van der Waals surface area contributed by atoms with Crippen LogP contribution in [-0.2, 0) is 0 Å². The van der Waals surface area contributed by atoms with Gasteiger partial charge in [-0.05, 0) is 34.1 Å². The normalized spacial score (nSPS) is 9.50. The van der Waals surface area contributed by atoms with Crippen molar-refractivity contribution in [3.05, 3.63) is 28.5 Å². The molecule has 1 rings (SSSR count). The van der Waals surface area contributed by atoms with Crippen molar-refractivity contribution in [1.82, 2.24) is 0 Å². The van der Waals surface area contributed by atoms with Gasteiger partial charge in [0.05, 0.1) is 4.47 Å². The summed E-state index contributed by atoms with van der Waals surface area (Å²) in [7, 11) is 0. The zero-order valence-corrected chi connectivity index (χ0v) is 7.43. The van der Waals surface area contributed by atoms with E-state index in [1.165, 1.54) is 18.2 Å². The predicted octanol–water partition coefficient (Wildman–Crippen LogP) is 2.68. The van der Waals surface area contributed by atoms with Gasteiger partial charge in [-0.2, -0.15) is 0 Å². The molecular formula is C7H5BrFNO2. The van der Waals surface area contributed by atoms with Gasteiger partial charge in [0.25, 0.3) is 0 Å². The molecular weight excluding hydrogens is 229 g/mol. The summed E-state index contributed by atoms with van der Waals surface area (Å²) < 4.78 is 12.8. The largest absolute Gasteiger partial charge is 0.465 e. The first-order chi connectivity index (χ1) is 5.59. The zero-order valence-electron chi connectivity index (χ0n) is 5.84. The Balaban J connectivity index is 2.89. The highest BCUT2D eigenvalue weighted by molar-refractivity contribution is 9.10. The maximum absolute atomic E-state index is 12.6. The number of halogens is 2. The van der Waals surface area contributed by atoms with Crippen LogP contribution < -0.4 is 5.32 Å². The van der Waals surface area contributed by atoms with Crippen LogP contribution in [0.4, 0.5) is 14.9 Å². The molecule has 3 nitrogen and oxygen atoms in total. The molecule has 0 aliphatic carbocycles. The van der Waals surface area contributed by atoms with Crippen LogP contribution in [0, 0.1) is 5.82 Å². The Morgan fingerprint density at radius 3 is 2.75 bits per heavy atom. The molecule has 0 aromatic heterocycles. The molecule has 0 saturated carbocycles. The van der Waals surface area contributed by atoms with E-state index in [2.05, 4.69) is 21.2 Å². The van der Waals surface area contributed by atoms with E-state index in [0.717, 1.165) is 0 Å². The van der Waals surface area contributed by atoms with Crippen LogP contribution in [0.1, 0.15) is 0 Å². The third kappa shape index (κ3) is 2.20. The van der Waals surface area contributed by atoms with E-state index in [1.807, 2.05) is 0 Å². The lowest BCUT2D eigenvalue weighted by Crippen LogP contribution is -2.06. The summed E-state index contributed by atoms with van der Waals surface area (Å²) in [5, 5.41) is 10.4. The highest BCUT2D eigenvalue weighted by Crippen LogP contribution is 2.19. The van der Waals surface area contributed by atoms with Gasteiger partial charge in [0.15, 0.2) is 0 Å². The molecule has 0 atom stereocenters. The molecule has 0 heterocycles. The number of nitrogens with one attached hydrogen (secondary N) is 1. The van der Waals surface area contributed by atoms with Crippen molar-refractivity contribution in [1.29, 1.82) is 0 Å². The van der Waals surface area contributed by atoms with E-state index in [0.29, 0.717) is 5.69 Å². The molecule has 0 aliphatic heterocycles. The van der Waals surface area contributed by atoms with Gasteiger partial charge in [0.2, 0.25) is 0 Å². The molecule has 1 aromatic rings. The van der Waals surface area contributed by atoms with Crippen molar-refractivity contribution in [2.75, 3.05) is 5.32 Å².